The Kier molecular flexibility index (Phi) is 3.32. The summed E-state index contributed by atoms with van der Waals surface area (Å²) in [5.74, 6) is -1.86. The molecule has 2 aliphatic heterocycles. The first-order valence-corrected chi connectivity index (χ1v) is 6.71. The van der Waals surface area contributed by atoms with Crippen LogP contribution in [-0.4, -0.2) is 31.0 Å². The molecule has 1 aromatic carbocycles. The van der Waals surface area contributed by atoms with Crippen molar-refractivity contribution in [1.82, 2.24) is 0 Å². The van der Waals surface area contributed by atoms with Crippen LogP contribution in [0, 0.1) is 11.7 Å². The van der Waals surface area contributed by atoms with Crippen LogP contribution in [-0.2, 0) is 15.0 Å². The average molecular weight is 318 g/mol. The van der Waals surface area contributed by atoms with Gasteiger partial charge in [0, 0.05) is 5.56 Å². The quantitative estimate of drug-likeness (QED) is 0.809. The number of rotatable bonds is 1. The van der Waals surface area contributed by atoms with E-state index in [4.69, 9.17) is 15.2 Å². The highest BCUT2D eigenvalue weighted by Crippen LogP contribution is 2.51. The molecule has 1 fully saturated rings. The van der Waals surface area contributed by atoms with Crippen LogP contribution in [0.25, 0.3) is 0 Å². The number of nitrogens with zero attached hydrogens (tertiary/aromatic N) is 1. The highest BCUT2D eigenvalue weighted by atomic mass is 19.4. The molecule has 0 aliphatic carbocycles. The van der Waals surface area contributed by atoms with Gasteiger partial charge in [-0.3, -0.25) is 0 Å². The molecule has 1 aromatic rings. The maximum absolute atomic E-state index is 14.2. The van der Waals surface area contributed by atoms with E-state index in [1.54, 1.807) is 0 Å². The third-order valence-corrected chi connectivity index (χ3v) is 4.17. The van der Waals surface area contributed by atoms with Gasteiger partial charge in [-0.15, -0.1) is 0 Å². The summed E-state index contributed by atoms with van der Waals surface area (Å²) < 4.78 is 64.3. The Morgan fingerprint density at radius 1 is 1.32 bits per heavy atom. The van der Waals surface area contributed by atoms with Crippen LogP contribution in [0.3, 0.4) is 0 Å². The number of alkyl halides is 3. The van der Waals surface area contributed by atoms with Gasteiger partial charge in [0.15, 0.2) is 0 Å². The van der Waals surface area contributed by atoms with Gasteiger partial charge in [-0.05, 0) is 13.0 Å². The van der Waals surface area contributed by atoms with E-state index < -0.39 is 41.7 Å². The Hall–Kier alpha value is -1.83. The van der Waals surface area contributed by atoms with E-state index in [9.17, 15) is 17.6 Å². The number of amidine groups is 1. The molecule has 0 amide bonds. The van der Waals surface area contributed by atoms with Gasteiger partial charge in [0.1, 0.15) is 11.4 Å². The largest absolute Gasteiger partial charge is 0.452 e. The second-order valence-electron chi connectivity index (χ2n) is 5.48. The molecular formula is C14H14F4N2O2. The Balaban J connectivity index is 2.19. The lowest BCUT2D eigenvalue weighted by Gasteiger charge is -2.41. The number of benzene rings is 1. The van der Waals surface area contributed by atoms with Crippen molar-refractivity contribution in [2.75, 3.05) is 6.61 Å². The lowest BCUT2D eigenvalue weighted by atomic mass is 9.74. The van der Waals surface area contributed by atoms with E-state index in [0.717, 1.165) is 0 Å². The van der Waals surface area contributed by atoms with Crippen molar-refractivity contribution in [3.63, 3.8) is 0 Å². The van der Waals surface area contributed by atoms with Gasteiger partial charge < -0.3 is 15.2 Å². The highest BCUT2D eigenvalue weighted by molar-refractivity contribution is 5.73. The predicted molar refractivity (Wildman–Crippen MR) is 69.5 cm³/mol. The summed E-state index contributed by atoms with van der Waals surface area (Å²) in [6, 6.07) is 4.96. The number of hydrogen-bond donors (Lipinski definition) is 1. The molecule has 2 heterocycles. The van der Waals surface area contributed by atoms with E-state index in [0.29, 0.717) is 0 Å². The molecule has 8 heteroatoms. The Morgan fingerprint density at radius 2 is 2.00 bits per heavy atom. The lowest BCUT2D eigenvalue weighted by Crippen LogP contribution is -2.55. The van der Waals surface area contributed by atoms with Crippen molar-refractivity contribution < 1.29 is 27.0 Å². The number of halogens is 4. The Labute approximate surface area is 123 Å². The summed E-state index contributed by atoms with van der Waals surface area (Å²) in [5.41, 5.74) is 3.94. The fraction of sp³-hybridized carbons (Fsp3) is 0.500. The van der Waals surface area contributed by atoms with E-state index >= 15 is 0 Å². The van der Waals surface area contributed by atoms with E-state index in [1.165, 1.54) is 31.2 Å². The van der Waals surface area contributed by atoms with Crippen molar-refractivity contribution in [1.29, 1.82) is 0 Å². The maximum Gasteiger partial charge on any atom is 0.426 e. The van der Waals surface area contributed by atoms with Crippen LogP contribution in [0.1, 0.15) is 12.5 Å². The number of fused-ring (bicyclic) bond motifs is 1. The van der Waals surface area contributed by atoms with Crippen LogP contribution >= 0.6 is 0 Å². The van der Waals surface area contributed by atoms with Gasteiger partial charge in [-0.25, -0.2) is 9.38 Å². The highest BCUT2D eigenvalue weighted by Gasteiger charge is 2.64. The zero-order chi connectivity index (χ0) is 16.1. The summed E-state index contributed by atoms with van der Waals surface area (Å²) >= 11 is 0. The fourth-order valence-corrected chi connectivity index (χ4v) is 3.28. The van der Waals surface area contributed by atoms with Crippen LogP contribution < -0.4 is 5.73 Å². The van der Waals surface area contributed by atoms with Crippen molar-refractivity contribution in [3.8, 4) is 0 Å². The van der Waals surface area contributed by atoms with Crippen LogP contribution in [0.4, 0.5) is 17.6 Å². The first-order valence-electron chi connectivity index (χ1n) is 6.71. The Bertz CT molecular complexity index is 619. The molecule has 4 nitrogen and oxygen atoms in total. The molecule has 22 heavy (non-hydrogen) atoms. The molecule has 3 rings (SSSR count). The van der Waals surface area contributed by atoms with Crippen LogP contribution in [0.15, 0.2) is 29.3 Å². The molecule has 120 valence electrons. The van der Waals surface area contributed by atoms with Crippen molar-refractivity contribution in [3.05, 3.63) is 35.6 Å². The minimum atomic E-state index is -4.66. The van der Waals surface area contributed by atoms with E-state index in [-0.39, 0.29) is 12.2 Å². The molecule has 4 atom stereocenters. The van der Waals surface area contributed by atoms with Crippen molar-refractivity contribution in [2.24, 2.45) is 16.6 Å². The summed E-state index contributed by atoms with van der Waals surface area (Å²) in [4.78, 5) is 4.03. The summed E-state index contributed by atoms with van der Waals surface area (Å²) in [6.07, 6.45) is -7.66. The molecule has 1 saturated heterocycles. The molecule has 0 bridgehead atoms. The maximum atomic E-state index is 14.2. The standard InChI is InChI=1S/C14H14F4N2O2/c1-7-10-11(14(16,17)18)22-12(19)20-13(10,6-21-7)8-4-2-3-5-9(8)15/h2-5,7,10-11H,6H2,1H3,(H2,19,20)/t7?,10?,11-,13?/m0/s1. The molecule has 0 saturated carbocycles. The van der Waals surface area contributed by atoms with Crippen LogP contribution in [0.5, 0.6) is 0 Å². The predicted octanol–water partition coefficient (Wildman–Crippen LogP) is 2.33. The minimum absolute atomic E-state index is 0.0323. The average Bonchev–Trinajstić information content (AvgIpc) is 2.75. The van der Waals surface area contributed by atoms with Gasteiger partial charge in [-0.1, -0.05) is 18.2 Å². The monoisotopic (exact) mass is 318 g/mol. The molecule has 3 unspecified atom stereocenters. The van der Waals surface area contributed by atoms with E-state index in [2.05, 4.69) is 4.99 Å². The van der Waals surface area contributed by atoms with Gasteiger partial charge >= 0.3 is 6.18 Å². The summed E-state index contributed by atoms with van der Waals surface area (Å²) in [5, 5.41) is 0. The third-order valence-electron chi connectivity index (χ3n) is 4.17. The number of ether oxygens (including phenoxy) is 2. The molecule has 0 aromatic heterocycles. The number of hydrogen-bond acceptors (Lipinski definition) is 4. The first-order chi connectivity index (χ1) is 10.3. The van der Waals surface area contributed by atoms with Gasteiger partial charge in [0.2, 0.25) is 6.10 Å². The number of nitrogens with two attached hydrogens (primary N) is 1. The van der Waals surface area contributed by atoms with Gasteiger partial charge in [0.05, 0.1) is 18.6 Å². The minimum Gasteiger partial charge on any atom is -0.452 e. The second kappa shape index (κ2) is 4.84. The molecule has 2 N–H and O–H groups in total. The summed E-state index contributed by atoms with van der Waals surface area (Å²) in [6.45, 7) is 1.31. The smallest absolute Gasteiger partial charge is 0.426 e. The Morgan fingerprint density at radius 3 is 2.64 bits per heavy atom. The van der Waals surface area contributed by atoms with E-state index in [1.807, 2.05) is 0 Å². The SMILES string of the molecule is CC1OCC2(c3ccccc3F)N=C(N)O[C@H](C(F)(F)F)C12. The normalized spacial score (nSPS) is 34.8. The second-order valence-corrected chi connectivity index (χ2v) is 5.48. The molecule has 0 radical (unpaired) electrons. The fourth-order valence-electron chi connectivity index (χ4n) is 3.28. The molecule has 0 spiro atoms. The topological polar surface area (TPSA) is 56.8 Å². The third kappa shape index (κ3) is 2.13. The van der Waals surface area contributed by atoms with Gasteiger partial charge in [0.25, 0.3) is 6.02 Å². The zero-order valence-electron chi connectivity index (χ0n) is 11.6. The summed E-state index contributed by atoms with van der Waals surface area (Å²) in [7, 11) is 0. The van der Waals surface area contributed by atoms with Crippen molar-refractivity contribution >= 4 is 6.02 Å². The van der Waals surface area contributed by atoms with Gasteiger partial charge in [-0.2, -0.15) is 13.2 Å². The lowest BCUT2D eigenvalue weighted by molar-refractivity contribution is -0.226. The van der Waals surface area contributed by atoms with Crippen molar-refractivity contribution in [2.45, 2.75) is 30.8 Å². The molecule has 2 aliphatic rings. The zero-order valence-corrected chi connectivity index (χ0v) is 11.6. The first kappa shape index (κ1) is 15.1. The number of aliphatic imine (C=N–C) groups is 1. The van der Waals surface area contributed by atoms with Crippen LogP contribution in [0.2, 0.25) is 0 Å². The molecular weight excluding hydrogens is 304 g/mol.